The van der Waals surface area contributed by atoms with Crippen LogP contribution in [0.5, 0.6) is 0 Å². The summed E-state index contributed by atoms with van der Waals surface area (Å²) in [5, 5.41) is 17.4. The van der Waals surface area contributed by atoms with E-state index in [2.05, 4.69) is 30.9 Å². The van der Waals surface area contributed by atoms with Crippen LogP contribution in [-0.2, 0) is 25.6 Å². The topological polar surface area (TPSA) is 244 Å². The number of aliphatic imine (C=N–C) groups is 1. The number of carboxylic acids is 1. The summed E-state index contributed by atoms with van der Waals surface area (Å²) in [6.07, 6.45) is 6.40. The molecule has 0 fully saturated rings. The highest BCUT2D eigenvalue weighted by atomic mass is 32.2. The largest absolute Gasteiger partial charge is 0.480 e. The van der Waals surface area contributed by atoms with Gasteiger partial charge in [0.2, 0.25) is 17.7 Å². The maximum atomic E-state index is 13.2. The predicted molar refractivity (Wildman–Crippen MR) is 146 cm³/mol. The molecule has 214 valence electrons. The van der Waals surface area contributed by atoms with Crippen LogP contribution in [0.25, 0.3) is 0 Å². The molecule has 0 aliphatic heterocycles. The number of aromatic amines is 1. The quantitative estimate of drug-likeness (QED) is 0.0602. The molecule has 0 saturated heterocycles. The number of rotatable bonds is 18. The molecule has 1 aromatic heterocycles. The number of thioether (sulfide) groups is 1. The molecule has 1 rings (SSSR count). The molecule has 11 N–H and O–H groups in total. The highest BCUT2D eigenvalue weighted by Crippen LogP contribution is 2.10. The van der Waals surface area contributed by atoms with Gasteiger partial charge in [-0.25, -0.2) is 9.78 Å². The van der Waals surface area contributed by atoms with Gasteiger partial charge in [-0.1, -0.05) is 20.3 Å². The number of H-pyrrole nitrogens is 1. The monoisotopic (exact) mass is 555 g/mol. The van der Waals surface area contributed by atoms with Gasteiger partial charge in [-0.15, -0.1) is 0 Å². The number of guanidine groups is 1. The second-order valence-electron chi connectivity index (χ2n) is 8.95. The van der Waals surface area contributed by atoms with Crippen LogP contribution in [0, 0.1) is 5.92 Å². The number of amides is 3. The van der Waals surface area contributed by atoms with Crippen molar-refractivity contribution in [2.75, 3.05) is 18.6 Å². The molecule has 14 nitrogen and oxygen atoms in total. The van der Waals surface area contributed by atoms with Crippen molar-refractivity contribution >= 4 is 41.4 Å². The molecule has 0 bridgehead atoms. The van der Waals surface area contributed by atoms with E-state index < -0.39 is 47.9 Å². The predicted octanol–water partition coefficient (Wildman–Crippen LogP) is -1.33. The molecule has 38 heavy (non-hydrogen) atoms. The molecule has 1 heterocycles. The number of hydrogen-bond acceptors (Lipinski definition) is 8. The SMILES string of the molecule is CCC(C)C(NC(=O)C(CCCN=C(N)N)NC(=O)C(CCSC)NC(=O)C(N)Cc1cnc[nH]1)C(=O)O. The summed E-state index contributed by atoms with van der Waals surface area (Å²) < 4.78 is 0. The summed E-state index contributed by atoms with van der Waals surface area (Å²) in [6, 6.07) is -4.08. The standard InChI is InChI=1S/C23H41N9O5S/c1-4-13(2)18(22(36)37)32-21(35)16(6-5-8-28-23(25)26)31-20(34)17(7-9-38-3)30-19(33)15(24)10-14-11-27-12-29-14/h11-13,15-18H,4-10,24H2,1-3H3,(H,27,29)(H,30,33)(H,31,34)(H,32,35)(H,36,37)(H4,25,26,28). The van der Waals surface area contributed by atoms with Crippen molar-refractivity contribution in [3.63, 3.8) is 0 Å². The zero-order valence-corrected chi connectivity index (χ0v) is 22.9. The third-order valence-electron chi connectivity index (χ3n) is 5.93. The van der Waals surface area contributed by atoms with Crippen molar-refractivity contribution in [1.29, 1.82) is 0 Å². The van der Waals surface area contributed by atoms with Crippen molar-refractivity contribution in [2.45, 2.75) is 70.1 Å². The molecule has 0 aliphatic rings. The van der Waals surface area contributed by atoms with E-state index in [1.54, 1.807) is 13.1 Å². The summed E-state index contributed by atoms with van der Waals surface area (Å²) in [6.45, 7) is 3.74. The summed E-state index contributed by atoms with van der Waals surface area (Å²) >= 11 is 1.49. The smallest absolute Gasteiger partial charge is 0.326 e. The maximum absolute atomic E-state index is 13.2. The Morgan fingerprint density at radius 2 is 1.74 bits per heavy atom. The molecule has 0 aromatic carbocycles. The first-order valence-electron chi connectivity index (χ1n) is 12.4. The molecule has 0 radical (unpaired) electrons. The number of carbonyl (C=O) groups excluding carboxylic acids is 3. The molecule has 5 unspecified atom stereocenters. The van der Waals surface area contributed by atoms with E-state index in [4.69, 9.17) is 17.2 Å². The van der Waals surface area contributed by atoms with Crippen molar-refractivity contribution in [3.05, 3.63) is 18.2 Å². The number of carbonyl (C=O) groups is 4. The van der Waals surface area contributed by atoms with Crippen molar-refractivity contribution in [1.82, 2.24) is 25.9 Å². The lowest BCUT2D eigenvalue weighted by Gasteiger charge is -2.26. The van der Waals surface area contributed by atoms with E-state index in [-0.39, 0.29) is 31.3 Å². The van der Waals surface area contributed by atoms with Crippen LogP contribution in [0.4, 0.5) is 0 Å². The van der Waals surface area contributed by atoms with Crippen LogP contribution in [0.1, 0.15) is 45.2 Å². The van der Waals surface area contributed by atoms with Gasteiger partial charge in [0.05, 0.1) is 12.4 Å². The second-order valence-corrected chi connectivity index (χ2v) is 9.94. The molecular formula is C23H41N9O5S. The summed E-state index contributed by atoms with van der Waals surface area (Å²) in [5.41, 5.74) is 17.4. The Hall–Kier alpha value is -3.33. The van der Waals surface area contributed by atoms with E-state index in [1.165, 1.54) is 18.1 Å². The summed E-state index contributed by atoms with van der Waals surface area (Å²) in [5.74, 6) is -2.82. The molecule has 0 saturated carbocycles. The Morgan fingerprint density at radius 3 is 2.29 bits per heavy atom. The molecule has 5 atom stereocenters. The van der Waals surface area contributed by atoms with Crippen LogP contribution in [0.15, 0.2) is 17.5 Å². The zero-order valence-electron chi connectivity index (χ0n) is 22.1. The lowest BCUT2D eigenvalue weighted by Crippen LogP contribution is -2.58. The third-order valence-corrected chi connectivity index (χ3v) is 6.57. The lowest BCUT2D eigenvalue weighted by molar-refractivity contribution is -0.144. The number of nitrogens with zero attached hydrogens (tertiary/aromatic N) is 2. The van der Waals surface area contributed by atoms with E-state index in [0.29, 0.717) is 30.7 Å². The van der Waals surface area contributed by atoms with Gasteiger partial charge in [-0.2, -0.15) is 11.8 Å². The Kier molecular flexibility index (Phi) is 14.8. The third kappa shape index (κ3) is 11.8. The maximum Gasteiger partial charge on any atom is 0.326 e. The van der Waals surface area contributed by atoms with Crippen LogP contribution in [0.2, 0.25) is 0 Å². The Labute approximate surface area is 226 Å². The van der Waals surface area contributed by atoms with Crippen LogP contribution >= 0.6 is 11.8 Å². The number of imidazole rings is 1. The highest BCUT2D eigenvalue weighted by Gasteiger charge is 2.31. The first-order chi connectivity index (χ1) is 18.0. The second kappa shape index (κ2) is 17.2. The van der Waals surface area contributed by atoms with Gasteiger partial charge < -0.3 is 43.2 Å². The van der Waals surface area contributed by atoms with Gasteiger partial charge in [0.1, 0.15) is 18.1 Å². The zero-order chi connectivity index (χ0) is 28.7. The number of hydrogen-bond donors (Lipinski definition) is 8. The van der Waals surface area contributed by atoms with Gasteiger partial charge in [0, 0.05) is 24.9 Å². The van der Waals surface area contributed by atoms with E-state index in [9.17, 15) is 24.3 Å². The van der Waals surface area contributed by atoms with Gasteiger partial charge in [-0.3, -0.25) is 19.4 Å². The number of aliphatic carboxylic acids is 1. The summed E-state index contributed by atoms with van der Waals surface area (Å²) in [4.78, 5) is 61.4. The van der Waals surface area contributed by atoms with Crippen LogP contribution in [-0.4, -0.2) is 87.4 Å². The first-order valence-corrected chi connectivity index (χ1v) is 13.8. The number of nitrogens with two attached hydrogens (primary N) is 3. The number of carboxylic acid groups (broad SMARTS) is 1. The van der Waals surface area contributed by atoms with Gasteiger partial charge >= 0.3 is 5.97 Å². The average Bonchev–Trinajstić information content (AvgIpc) is 3.38. The molecule has 0 aliphatic carbocycles. The lowest BCUT2D eigenvalue weighted by atomic mass is 9.98. The van der Waals surface area contributed by atoms with Gasteiger partial charge in [0.25, 0.3) is 0 Å². The Bertz CT molecular complexity index is 924. The van der Waals surface area contributed by atoms with E-state index in [0.717, 1.165) is 0 Å². The fraction of sp³-hybridized carbons (Fsp3) is 0.652. The van der Waals surface area contributed by atoms with Crippen molar-refractivity contribution < 1.29 is 24.3 Å². The molecule has 1 aromatic rings. The highest BCUT2D eigenvalue weighted by molar-refractivity contribution is 7.98. The molecular weight excluding hydrogens is 514 g/mol. The summed E-state index contributed by atoms with van der Waals surface area (Å²) in [7, 11) is 0. The van der Waals surface area contributed by atoms with Crippen molar-refractivity contribution in [3.8, 4) is 0 Å². The minimum Gasteiger partial charge on any atom is -0.480 e. The van der Waals surface area contributed by atoms with E-state index in [1.807, 2.05) is 13.2 Å². The minimum atomic E-state index is -1.17. The normalized spacial score (nSPS) is 14.8. The minimum absolute atomic E-state index is 0.107. The van der Waals surface area contributed by atoms with Gasteiger partial charge in [0.15, 0.2) is 5.96 Å². The fourth-order valence-corrected chi connectivity index (χ4v) is 3.96. The first kappa shape index (κ1) is 32.7. The Morgan fingerprint density at radius 1 is 1.11 bits per heavy atom. The van der Waals surface area contributed by atoms with Gasteiger partial charge in [-0.05, 0) is 37.2 Å². The fourth-order valence-electron chi connectivity index (χ4n) is 3.49. The molecule has 15 heteroatoms. The average molecular weight is 556 g/mol. The van der Waals surface area contributed by atoms with Crippen LogP contribution in [0.3, 0.4) is 0 Å². The molecule has 3 amide bonds. The van der Waals surface area contributed by atoms with E-state index >= 15 is 0 Å². The molecule has 0 spiro atoms. The number of aromatic nitrogens is 2. The van der Waals surface area contributed by atoms with Crippen LogP contribution < -0.4 is 33.2 Å². The van der Waals surface area contributed by atoms with Crippen molar-refractivity contribution in [2.24, 2.45) is 28.1 Å². The number of nitrogens with one attached hydrogen (secondary N) is 4. The Balaban J connectivity index is 3.00.